The summed E-state index contributed by atoms with van der Waals surface area (Å²) in [6.07, 6.45) is 9.11. The second-order valence-electron chi connectivity index (χ2n) is 11.0. The largest absolute Gasteiger partial charge is 0.497 e. The molecule has 5 aliphatic carbocycles. The standard InChI is InChI=1S/C27H36N2O5/c1-33-22-6-4-21(5-7-22)25(20-2-3-20)29-23(30)16-34-24(31)8-9-28-26(32)27-13-17-10-18(14-27)12-19(11-17)15-27/h4-7,17-20,25H,2-3,8-16H2,1H3,(H,28,32)(H,29,30). The van der Waals surface area contributed by atoms with Crippen LogP contribution in [0.25, 0.3) is 0 Å². The van der Waals surface area contributed by atoms with Crippen LogP contribution < -0.4 is 15.4 Å². The first-order valence-corrected chi connectivity index (χ1v) is 12.8. The van der Waals surface area contributed by atoms with Crippen molar-refractivity contribution in [3.63, 3.8) is 0 Å². The number of carbonyl (C=O) groups excluding carboxylic acids is 3. The van der Waals surface area contributed by atoms with Gasteiger partial charge in [0.1, 0.15) is 5.75 Å². The van der Waals surface area contributed by atoms with Crippen molar-refractivity contribution in [3.8, 4) is 5.75 Å². The molecule has 0 saturated heterocycles. The molecule has 1 aromatic carbocycles. The molecule has 34 heavy (non-hydrogen) atoms. The average molecular weight is 469 g/mol. The minimum Gasteiger partial charge on any atom is -0.497 e. The van der Waals surface area contributed by atoms with Crippen molar-refractivity contribution >= 4 is 17.8 Å². The van der Waals surface area contributed by atoms with Crippen molar-refractivity contribution in [2.24, 2.45) is 29.1 Å². The second-order valence-corrected chi connectivity index (χ2v) is 11.0. The lowest BCUT2D eigenvalue weighted by atomic mass is 9.49. The predicted molar refractivity (Wildman–Crippen MR) is 126 cm³/mol. The maximum atomic E-state index is 13.0. The number of nitrogens with one attached hydrogen (secondary N) is 2. The molecule has 7 nitrogen and oxygen atoms in total. The molecule has 6 rings (SSSR count). The molecule has 7 heteroatoms. The van der Waals surface area contributed by atoms with Crippen molar-refractivity contribution < 1.29 is 23.9 Å². The van der Waals surface area contributed by atoms with E-state index in [1.807, 2.05) is 24.3 Å². The first kappa shape index (κ1) is 23.2. The normalized spacial score (nSPS) is 29.9. The summed E-state index contributed by atoms with van der Waals surface area (Å²) in [5.74, 6) is 2.64. The van der Waals surface area contributed by atoms with Crippen LogP contribution in [-0.2, 0) is 19.1 Å². The van der Waals surface area contributed by atoms with E-state index >= 15 is 0 Å². The third-order valence-corrected chi connectivity index (χ3v) is 8.38. The quantitative estimate of drug-likeness (QED) is 0.513. The number of benzene rings is 1. The van der Waals surface area contributed by atoms with Crippen molar-refractivity contribution in [1.29, 1.82) is 0 Å². The summed E-state index contributed by atoms with van der Waals surface area (Å²) in [4.78, 5) is 37.6. The van der Waals surface area contributed by atoms with Crippen LogP contribution in [0.1, 0.15) is 69.4 Å². The lowest BCUT2D eigenvalue weighted by Crippen LogP contribution is -2.53. The highest BCUT2D eigenvalue weighted by Crippen LogP contribution is 2.60. The number of esters is 1. The van der Waals surface area contributed by atoms with Gasteiger partial charge in [-0.3, -0.25) is 14.4 Å². The summed E-state index contributed by atoms with van der Waals surface area (Å²) < 4.78 is 10.4. The van der Waals surface area contributed by atoms with Gasteiger partial charge in [-0.25, -0.2) is 0 Å². The molecule has 0 heterocycles. The Balaban J connectivity index is 1.04. The first-order chi connectivity index (χ1) is 16.4. The first-order valence-electron chi connectivity index (χ1n) is 12.8. The van der Waals surface area contributed by atoms with Crippen molar-refractivity contribution in [1.82, 2.24) is 10.6 Å². The van der Waals surface area contributed by atoms with Crippen LogP contribution in [-0.4, -0.2) is 38.0 Å². The van der Waals surface area contributed by atoms with Crippen LogP contribution in [0.3, 0.4) is 0 Å². The fraction of sp³-hybridized carbons (Fsp3) is 0.667. The number of rotatable bonds is 10. The molecule has 2 amide bonds. The number of hydrogen-bond donors (Lipinski definition) is 2. The smallest absolute Gasteiger partial charge is 0.308 e. The number of methoxy groups -OCH3 is 1. The predicted octanol–water partition coefficient (Wildman–Crippen LogP) is 3.53. The number of hydrogen-bond acceptors (Lipinski definition) is 5. The Hall–Kier alpha value is -2.57. The molecule has 1 aromatic rings. The van der Waals surface area contributed by atoms with E-state index in [4.69, 9.17) is 9.47 Å². The number of carbonyl (C=O) groups is 3. The Morgan fingerprint density at radius 3 is 2.18 bits per heavy atom. The van der Waals surface area contributed by atoms with E-state index in [2.05, 4.69) is 10.6 Å². The van der Waals surface area contributed by atoms with Crippen LogP contribution in [0.2, 0.25) is 0 Å². The minimum absolute atomic E-state index is 0.0793. The molecule has 0 aromatic heterocycles. The van der Waals surface area contributed by atoms with E-state index in [9.17, 15) is 14.4 Å². The van der Waals surface area contributed by atoms with E-state index in [1.165, 1.54) is 19.3 Å². The average Bonchev–Trinajstić information content (AvgIpc) is 3.66. The summed E-state index contributed by atoms with van der Waals surface area (Å²) in [6, 6.07) is 7.60. The van der Waals surface area contributed by atoms with Gasteiger partial charge in [0, 0.05) is 12.0 Å². The molecule has 0 aliphatic heterocycles. The van der Waals surface area contributed by atoms with Crippen molar-refractivity contribution in [2.75, 3.05) is 20.3 Å². The van der Waals surface area contributed by atoms with Gasteiger partial charge in [0.15, 0.2) is 6.61 Å². The van der Waals surface area contributed by atoms with Gasteiger partial charge in [0.05, 0.1) is 19.6 Å². The molecule has 5 aliphatic rings. The molecule has 4 bridgehead atoms. The molecule has 5 saturated carbocycles. The monoisotopic (exact) mass is 468 g/mol. The molecule has 0 radical (unpaired) electrons. The molecule has 184 valence electrons. The Bertz CT molecular complexity index is 888. The molecule has 5 fully saturated rings. The third-order valence-electron chi connectivity index (χ3n) is 8.38. The van der Waals surface area contributed by atoms with Crippen LogP contribution in [0.4, 0.5) is 0 Å². The molecule has 1 atom stereocenters. The lowest BCUT2D eigenvalue weighted by Gasteiger charge is -2.55. The van der Waals surface area contributed by atoms with E-state index in [0.717, 1.165) is 43.4 Å². The van der Waals surface area contributed by atoms with Crippen LogP contribution in [0.5, 0.6) is 5.75 Å². The number of amides is 2. The van der Waals surface area contributed by atoms with Gasteiger partial charge in [-0.05, 0) is 92.7 Å². The molecule has 1 unspecified atom stereocenters. The zero-order valence-electron chi connectivity index (χ0n) is 20.0. The number of ether oxygens (including phenoxy) is 2. The van der Waals surface area contributed by atoms with Gasteiger partial charge in [0.25, 0.3) is 5.91 Å². The van der Waals surface area contributed by atoms with E-state index in [0.29, 0.717) is 23.7 Å². The van der Waals surface area contributed by atoms with Crippen molar-refractivity contribution in [3.05, 3.63) is 29.8 Å². The van der Waals surface area contributed by atoms with Gasteiger partial charge in [0.2, 0.25) is 5.91 Å². The van der Waals surface area contributed by atoms with Gasteiger partial charge in [-0.1, -0.05) is 12.1 Å². The summed E-state index contributed by atoms with van der Waals surface area (Å²) in [5.41, 5.74) is 0.813. The SMILES string of the molecule is COc1ccc(C(NC(=O)COC(=O)CCNC(=O)C23CC4CC(CC(C4)C2)C3)C2CC2)cc1. The zero-order chi connectivity index (χ0) is 23.7. The third kappa shape index (κ3) is 5.08. The molecule has 2 N–H and O–H groups in total. The fourth-order valence-electron chi connectivity index (χ4n) is 7.00. The minimum atomic E-state index is -0.464. The van der Waals surface area contributed by atoms with E-state index in [1.54, 1.807) is 7.11 Å². The lowest BCUT2D eigenvalue weighted by molar-refractivity contribution is -0.149. The molecule has 0 spiro atoms. The van der Waals surface area contributed by atoms with Crippen LogP contribution in [0, 0.1) is 29.1 Å². The maximum Gasteiger partial charge on any atom is 0.308 e. The highest BCUT2D eigenvalue weighted by molar-refractivity contribution is 5.84. The summed E-state index contributed by atoms with van der Waals surface area (Å²) in [7, 11) is 1.62. The van der Waals surface area contributed by atoms with E-state index < -0.39 is 5.97 Å². The van der Waals surface area contributed by atoms with Gasteiger partial charge in [-0.2, -0.15) is 0 Å². The van der Waals surface area contributed by atoms with Gasteiger partial charge in [-0.15, -0.1) is 0 Å². The Labute approximate surface area is 201 Å². The fourth-order valence-corrected chi connectivity index (χ4v) is 7.00. The van der Waals surface area contributed by atoms with Crippen LogP contribution in [0.15, 0.2) is 24.3 Å². The van der Waals surface area contributed by atoms with Crippen molar-refractivity contribution in [2.45, 2.75) is 63.8 Å². The van der Waals surface area contributed by atoms with Gasteiger partial charge >= 0.3 is 5.97 Å². The summed E-state index contributed by atoms with van der Waals surface area (Å²) in [6.45, 7) is -0.0429. The highest BCUT2D eigenvalue weighted by atomic mass is 16.5. The summed E-state index contributed by atoms with van der Waals surface area (Å²) >= 11 is 0. The van der Waals surface area contributed by atoms with E-state index in [-0.39, 0.29) is 42.8 Å². The Morgan fingerprint density at radius 2 is 1.62 bits per heavy atom. The second kappa shape index (κ2) is 9.59. The molecular weight excluding hydrogens is 432 g/mol. The maximum absolute atomic E-state index is 13.0. The summed E-state index contributed by atoms with van der Waals surface area (Å²) in [5, 5.41) is 6.00. The Morgan fingerprint density at radius 1 is 1.00 bits per heavy atom. The molecular formula is C27H36N2O5. The topological polar surface area (TPSA) is 93.7 Å². The van der Waals surface area contributed by atoms with Crippen LogP contribution >= 0.6 is 0 Å². The Kier molecular flexibility index (Phi) is 6.54. The van der Waals surface area contributed by atoms with Gasteiger partial charge < -0.3 is 20.1 Å². The highest BCUT2D eigenvalue weighted by Gasteiger charge is 2.54. The zero-order valence-corrected chi connectivity index (χ0v) is 20.0.